The molecule has 1 aliphatic rings. The van der Waals surface area contributed by atoms with Crippen LogP contribution in [-0.2, 0) is 0 Å². The highest BCUT2D eigenvalue weighted by Crippen LogP contribution is 2.21. The maximum atomic E-state index is 13.9. The van der Waals surface area contributed by atoms with Crippen molar-refractivity contribution in [1.82, 2.24) is 15.3 Å². The van der Waals surface area contributed by atoms with E-state index in [0.717, 1.165) is 32.5 Å². The molecule has 5 heteroatoms. The van der Waals surface area contributed by atoms with Gasteiger partial charge < -0.3 is 10.2 Å². The van der Waals surface area contributed by atoms with Crippen LogP contribution >= 0.6 is 0 Å². The molecule has 0 amide bonds. The first-order valence-electron chi connectivity index (χ1n) is 6.17. The third-order valence-electron chi connectivity index (χ3n) is 3.16. The zero-order chi connectivity index (χ0) is 12.3. The zero-order valence-electron chi connectivity index (χ0n) is 10.4. The highest BCUT2D eigenvalue weighted by Gasteiger charge is 2.23. The minimum absolute atomic E-state index is 0.287. The molecule has 1 unspecified atom stereocenters. The van der Waals surface area contributed by atoms with Crippen molar-refractivity contribution in [1.29, 1.82) is 0 Å². The van der Waals surface area contributed by atoms with Crippen molar-refractivity contribution in [2.75, 3.05) is 24.5 Å². The van der Waals surface area contributed by atoms with E-state index in [-0.39, 0.29) is 5.82 Å². The van der Waals surface area contributed by atoms with Gasteiger partial charge in [-0.15, -0.1) is 0 Å². The molecule has 17 heavy (non-hydrogen) atoms. The van der Waals surface area contributed by atoms with Gasteiger partial charge in [-0.2, -0.15) is 0 Å². The van der Waals surface area contributed by atoms with Gasteiger partial charge in [0.05, 0.1) is 5.69 Å². The Bertz CT molecular complexity index is 381. The van der Waals surface area contributed by atoms with E-state index in [1.165, 1.54) is 6.33 Å². The molecule has 1 aromatic rings. The molecule has 1 N–H and O–H groups in total. The summed E-state index contributed by atoms with van der Waals surface area (Å²) in [5.74, 6) is 0.157. The van der Waals surface area contributed by atoms with E-state index < -0.39 is 0 Å². The van der Waals surface area contributed by atoms with E-state index in [0.29, 0.717) is 17.6 Å². The van der Waals surface area contributed by atoms with Crippen molar-refractivity contribution in [3.8, 4) is 0 Å². The number of hydrogen-bond acceptors (Lipinski definition) is 4. The third-order valence-corrected chi connectivity index (χ3v) is 3.16. The minimum Gasteiger partial charge on any atom is -0.353 e. The van der Waals surface area contributed by atoms with Gasteiger partial charge in [-0.05, 0) is 26.3 Å². The molecular formula is C12H19FN4. The largest absolute Gasteiger partial charge is 0.353 e. The summed E-state index contributed by atoms with van der Waals surface area (Å²) in [7, 11) is 0. The number of halogens is 1. The van der Waals surface area contributed by atoms with Crippen molar-refractivity contribution in [2.45, 2.75) is 32.7 Å². The van der Waals surface area contributed by atoms with Crippen LogP contribution in [0.1, 0.15) is 25.5 Å². The zero-order valence-corrected chi connectivity index (χ0v) is 10.4. The third kappa shape index (κ3) is 2.72. The molecule has 1 atom stereocenters. The number of nitrogens with one attached hydrogen (secondary N) is 1. The number of anilines is 1. The molecule has 0 aromatic carbocycles. The second-order valence-electron chi connectivity index (χ2n) is 4.44. The summed E-state index contributed by atoms with van der Waals surface area (Å²) in [5, 5.41) is 3.41. The summed E-state index contributed by atoms with van der Waals surface area (Å²) < 4.78 is 13.9. The highest BCUT2D eigenvalue weighted by molar-refractivity contribution is 5.41. The van der Waals surface area contributed by atoms with Crippen LogP contribution in [0, 0.1) is 12.7 Å². The normalized spacial score (nSPS) is 20.6. The fourth-order valence-electron chi connectivity index (χ4n) is 2.29. The summed E-state index contributed by atoms with van der Waals surface area (Å²) in [6, 6.07) is 0.434. The van der Waals surface area contributed by atoms with Gasteiger partial charge in [0.2, 0.25) is 0 Å². The highest BCUT2D eigenvalue weighted by atomic mass is 19.1. The van der Waals surface area contributed by atoms with Crippen molar-refractivity contribution >= 4 is 5.82 Å². The SMILES string of the molecule is CCNC1CCCN(c2ncnc(C)c2F)C1. The minimum atomic E-state index is -0.287. The number of piperidine rings is 1. The van der Waals surface area contributed by atoms with E-state index in [2.05, 4.69) is 22.2 Å². The molecule has 0 bridgehead atoms. The van der Waals surface area contributed by atoms with Crippen LogP contribution in [0.3, 0.4) is 0 Å². The first-order valence-corrected chi connectivity index (χ1v) is 6.17. The Morgan fingerprint density at radius 1 is 1.53 bits per heavy atom. The second-order valence-corrected chi connectivity index (χ2v) is 4.44. The summed E-state index contributed by atoms with van der Waals surface area (Å²) >= 11 is 0. The van der Waals surface area contributed by atoms with Crippen LogP contribution < -0.4 is 10.2 Å². The Morgan fingerprint density at radius 2 is 2.35 bits per heavy atom. The van der Waals surface area contributed by atoms with Crippen LogP contribution in [0.5, 0.6) is 0 Å². The second kappa shape index (κ2) is 5.40. The van der Waals surface area contributed by atoms with Gasteiger partial charge in [0.15, 0.2) is 11.6 Å². The van der Waals surface area contributed by atoms with E-state index in [1.54, 1.807) is 6.92 Å². The molecule has 4 nitrogen and oxygen atoms in total. The molecule has 0 saturated carbocycles. The summed E-state index contributed by atoms with van der Waals surface area (Å²) in [6.45, 7) is 6.40. The molecule has 1 aliphatic heterocycles. The predicted molar refractivity (Wildman–Crippen MR) is 65.6 cm³/mol. The Labute approximate surface area is 101 Å². The quantitative estimate of drug-likeness (QED) is 0.866. The molecule has 94 valence electrons. The van der Waals surface area contributed by atoms with Crippen molar-refractivity contribution in [3.63, 3.8) is 0 Å². The van der Waals surface area contributed by atoms with E-state index in [9.17, 15) is 4.39 Å². The molecule has 0 radical (unpaired) electrons. The fraction of sp³-hybridized carbons (Fsp3) is 0.667. The topological polar surface area (TPSA) is 41.0 Å². The molecule has 1 fully saturated rings. The lowest BCUT2D eigenvalue weighted by atomic mass is 10.1. The average Bonchev–Trinajstić information content (AvgIpc) is 2.33. The smallest absolute Gasteiger partial charge is 0.186 e. The first kappa shape index (κ1) is 12.2. The van der Waals surface area contributed by atoms with Crippen LogP contribution in [0.2, 0.25) is 0 Å². The van der Waals surface area contributed by atoms with E-state index in [1.807, 2.05) is 4.90 Å². The lowest BCUT2D eigenvalue weighted by Gasteiger charge is -2.34. The van der Waals surface area contributed by atoms with Crippen molar-refractivity contribution < 1.29 is 4.39 Å². The van der Waals surface area contributed by atoms with Gasteiger partial charge in [0, 0.05) is 19.1 Å². The van der Waals surface area contributed by atoms with Gasteiger partial charge in [0.1, 0.15) is 6.33 Å². The molecule has 1 saturated heterocycles. The van der Waals surface area contributed by atoms with Crippen LogP contribution in [-0.4, -0.2) is 35.6 Å². The van der Waals surface area contributed by atoms with E-state index >= 15 is 0 Å². The molecule has 2 rings (SSSR count). The number of rotatable bonds is 3. The monoisotopic (exact) mass is 238 g/mol. The van der Waals surface area contributed by atoms with Gasteiger partial charge in [0.25, 0.3) is 0 Å². The van der Waals surface area contributed by atoms with Gasteiger partial charge in [-0.25, -0.2) is 14.4 Å². The van der Waals surface area contributed by atoms with Gasteiger partial charge in [-0.1, -0.05) is 6.92 Å². The van der Waals surface area contributed by atoms with Crippen LogP contribution in [0.25, 0.3) is 0 Å². The predicted octanol–water partition coefficient (Wildman–Crippen LogP) is 1.50. The number of aryl methyl sites for hydroxylation is 1. The Hall–Kier alpha value is -1.23. The standard InChI is InChI=1S/C12H19FN4/c1-3-14-10-5-4-6-17(7-10)12-11(13)9(2)15-8-16-12/h8,10,14H,3-7H2,1-2H3. The maximum absolute atomic E-state index is 13.9. The Kier molecular flexibility index (Phi) is 3.89. The number of aromatic nitrogens is 2. The summed E-state index contributed by atoms with van der Waals surface area (Å²) in [4.78, 5) is 9.95. The fourth-order valence-corrected chi connectivity index (χ4v) is 2.29. The average molecular weight is 238 g/mol. The van der Waals surface area contributed by atoms with Gasteiger partial charge >= 0.3 is 0 Å². The van der Waals surface area contributed by atoms with Crippen LogP contribution in [0.4, 0.5) is 10.2 Å². The summed E-state index contributed by atoms with van der Waals surface area (Å²) in [5.41, 5.74) is 0.417. The van der Waals surface area contributed by atoms with Crippen molar-refractivity contribution in [3.05, 3.63) is 17.8 Å². The maximum Gasteiger partial charge on any atom is 0.186 e. The Morgan fingerprint density at radius 3 is 3.12 bits per heavy atom. The number of nitrogens with zero attached hydrogens (tertiary/aromatic N) is 3. The summed E-state index contributed by atoms with van der Waals surface area (Å²) in [6.07, 6.45) is 3.65. The number of hydrogen-bond donors (Lipinski definition) is 1. The molecular weight excluding hydrogens is 219 g/mol. The molecule has 0 spiro atoms. The van der Waals surface area contributed by atoms with Crippen molar-refractivity contribution in [2.24, 2.45) is 0 Å². The lowest BCUT2D eigenvalue weighted by Crippen LogP contribution is -2.46. The molecule has 0 aliphatic carbocycles. The van der Waals surface area contributed by atoms with E-state index in [4.69, 9.17) is 0 Å². The molecule has 1 aromatic heterocycles. The molecule has 2 heterocycles. The van der Waals surface area contributed by atoms with Crippen LogP contribution in [0.15, 0.2) is 6.33 Å². The Balaban J connectivity index is 2.13. The first-order chi connectivity index (χ1) is 8.22. The number of likely N-dealkylation sites (N-methyl/N-ethyl adjacent to an activating group) is 1. The van der Waals surface area contributed by atoms with Gasteiger partial charge in [-0.3, -0.25) is 0 Å². The lowest BCUT2D eigenvalue weighted by molar-refractivity contribution is 0.425.